The summed E-state index contributed by atoms with van der Waals surface area (Å²) in [5, 5.41) is 12.8. The molecule has 1 aromatic rings. The van der Waals surface area contributed by atoms with Crippen molar-refractivity contribution in [1.29, 1.82) is 0 Å². The fourth-order valence-electron chi connectivity index (χ4n) is 2.51. The van der Waals surface area contributed by atoms with Crippen LogP contribution in [0.15, 0.2) is 10.7 Å². The minimum absolute atomic E-state index is 0.256. The van der Waals surface area contributed by atoms with Crippen LogP contribution in [0.4, 0.5) is 5.82 Å². The van der Waals surface area contributed by atoms with Crippen LogP contribution in [0.25, 0.3) is 0 Å². The zero-order valence-electron chi connectivity index (χ0n) is 10.7. The first-order valence-corrected chi connectivity index (χ1v) is 7.43. The van der Waals surface area contributed by atoms with Gasteiger partial charge in [-0.2, -0.15) is 0 Å². The maximum Gasteiger partial charge on any atom is 0.132 e. The van der Waals surface area contributed by atoms with E-state index in [1.54, 1.807) is 0 Å². The van der Waals surface area contributed by atoms with Crippen LogP contribution in [0.1, 0.15) is 38.4 Å². The molecule has 1 aromatic heterocycles. The van der Waals surface area contributed by atoms with E-state index in [2.05, 4.69) is 38.1 Å². The molecule has 0 radical (unpaired) electrons. The number of aryl methyl sites for hydroxylation is 1. The highest BCUT2D eigenvalue weighted by atomic mass is 79.9. The molecule has 1 saturated carbocycles. The molecule has 1 aliphatic carbocycles. The predicted molar refractivity (Wildman–Crippen MR) is 75.6 cm³/mol. The molecule has 0 aromatic carbocycles. The molecule has 2 unspecified atom stereocenters. The second-order valence-electron chi connectivity index (χ2n) is 4.87. The largest absolute Gasteiger partial charge is 0.396 e. The van der Waals surface area contributed by atoms with Crippen LogP contribution in [0.5, 0.6) is 0 Å². The highest BCUT2D eigenvalue weighted by Gasteiger charge is 2.26. The molecule has 1 fully saturated rings. The Balaban J connectivity index is 2.08. The van der Waals surface area contributed by atoms with Gasteiger partial charge in [-0.1, -0.05) is 13.3 Å². The van der Waals surface area contributed by atoms with Crippen LogP contribution in [0.2, 0.25) is 0 Å². The number of nitrogens with one attached hydrogen (secondary N) is 1. The number of aromatic nitrogens is 2. The highest BCUT2D eigenvalue weighted by Crippen LogP contribution is 2.28. The SMILES string of the molecule is CCCc1nc(Br)cc(NC2CCCC2CO)n1. The quantitative estimate of drug-likeness (QED) is 0.821. The van der Waals surface area contributed by atoms with E-state index in [4.69, 9.17) is 0 Å². The average Bonchev–Trinajstić information content (AvgIpc) is 2.76. The van der Waals surface area contributed by atoms with Gasteiger partial charge in [0.25, 0.3) is 0 Å². The summed E-state index contributed by atoms with van der Waals surface area (Å²) in [6.45, 7) is 2.38. The topological polar surface area (TPSA) is 58.0 Å². The van der Waals surface area contributed by atoms with Crippen molar-refractivity contribution in [1.82, 2.24) is 9.97 Å². The van der Waals surface area contributed by atoms with E-state index < -0.39 is 0 Å². The van der Waals surface area contributed by atoms with E-state index in [0.29, 0.717) is 12.0 Å². The lowest BCUT2D eigenvalue weighted by molar-refractivity contribution is 0.222. The summed E-state index contributed by atoms with van der Waals surface area (Å²) < 4.78 is 0.821. The summed E-state index contributed by atoms with van der Waals surface area (Å²) in [6, 6.07) is 2.25. The number of halogens is 1. The molecule has 100 valence electrons. The van der Waals surface area contributed by atoms with E-state index in [0.717, 1.165) is 41.9 Å². The van der Waals surface area contributed by atoms with E-state index in [1.807, 2.05) is 6.07 Å². The second-order valence-corrected chi connectivity index (χ2v) is 5.68. The van der Waals surface area contributed by atoms with Gasteiger partial charge in [-0.25, -0.2) is 9.97 Å². The summed E-state index contributed by atoms with van der Waals surface area (Å²) in [5.41, 5.74) is 0. The molecule has 0 spiro atoms. The fourth-order valence-corrected chi connectivity index (χ4v) is 2.93. The molecule has 1 heterocycles. The lowest BCUT2D eigenvalue weighted by atomic mass is 10.1. The van der Waals surface area contributed by atoms with Crippen LogP contribution in [0.3, 0.4) is 0 Å². The number of nitrogens with zero attached hydrogens (tertiary/aromatic N) is 2. The molecule has 1 aliphatic rings. The van der Waals surface area contributed by atoms with Gasteiger partial charge >= 0.3 is 0 Å². The van der Waals surface area contributed by atoms with Crippen molar-refractivity contribution in [2.45, 2.75) is 45.1 Å². The minimum atomic E-state index is 0.256. The van der Waals surface area contributed by atoms with E-state index in [9.17, 15) is 5.11 Å². The molecule has 2 N–H and O–H groups in total. The molecule has 0 saturated heterocycles. The molecular weight excluding hydrogens is 294 g/mol. The number of hydrogen-bond donors (Lipinski definition) is 2. The van der Waals surface area contributed by atoms with Crippen LogP contribution in [-0.2, 0) is 6.42 Å². The van der Waals surface area contributed by atoms with Crippen LogP contribution < -0.4 is 5.32 Å². The lowest BCUT2D eigenvalue weighted by Crippen LogP contribution is -2.27. The molecule has 4 nitrogen and oxygen atoms in total. The minimum Gasteiger partial charge on any atom is -0.396 e. The number of hydrogen-bond acceptors (Lipinski definition) is 4. The Hall–Kier alpha value is -0.680. The van der Waals surface area contributed by atoms with Crippen molar-refractivity contribution in [3.8, 4) is 0 Å². The Morgan fingerprint density at radius 1 is 1.44 bits per heavy atom. The van der Waals surface area contributed by atoms with Gasteiger partial charge < -0.3 is 10.4 Å². The predicted octanol–water partition coefficient (Wildman–Crippen LogP) is 2.76. The molecule has 0 bridgehead atoms. The van der Waals surface area contributed by atoms with Crippen molar-refractivity contribution in [2.75, 3.05) is 11.9 Å². The molecule has 5 heteroatoms. The first kappa shape index (κ1) is 13.7. The Morgan fingerprint density at radius 3 is 3.00 bits per heavy atom. The van der Waals surface area contributed by atoms with Gasteiger partial charge in [-0.15, -0.1) is 0 Å². The molecule has 2 atom stereocenters. The van der Waals surface area contributed by atoms with Gasteiger partial charge in [0, 0.05) is 31.1 Å². The summed E-state index contributed by atoms with van der Waals surface area (Å²) in [4.78, 5) is 8.88. The zero-order valence-corrected chi connectivity index (χ0v) is 12.3. The average molecular weight is 314 g/mol. The number of aliphatic hydroxyl groups excluding tert-OH is 1. The monoisotopic (exact) mass is 313 g/mol. The summed E-state index contributed by atoms with van der Waals surface area (Å²) in [7, 11) is 0. The van der Waals surface area contributed by atoms with Crippen molar-refractivity contribution < 1.29 is 5.11 Å². The van der Waals surface area contributed by atoms with Gasteiger partial charge in [-0.05, 0) is 35.2 Å². The van der Waals surface area contributed by atoms with Gasteiger partial charge in [0.15, 0.2) is 0 Å². The number of aliphatic hydroxyl groups is 1. The van der Waals surface area contributed by atoms with Crippen molar-refractivity contribution >= 4 is 21.7 Å². The van der Waals surface area contributed by atoms with Crippen LogP contribution in [0, 0.1) is 5.92 Å². The molecule has 2 rings (SSSR count). The maximum atomic E-state index is 9.33. The third kappa shape index (κ3) is 3.42. The zero-order chi connectivity index (χ0) is 13.0. The van der Waals surface area contributed by atoms with Crippen molar-refractivity contribution in [2.24, 2.45) is 5.92 Å². The van der Waals surface area contributed by atoms with Gasteiger partial charge in [-0.3, -0.25) is 0 Å². The highest BCUT2D eigenvalue weighted by molar-refractivity contribution is 9.10. The first-order valence-electron chi connectivity index (χ1n) is 6.63. The van der Waals surface area contributed by atoms with Gasteiger partial charge in [0.2, 0.25) is 0 Å². The van der Waals surface area contributed by atoms with Crippen LogP contribution >= 0.6 is 15.9 Å². The Labute approximate surface area is 116 Å². The van der Waals surface area contributed by atoms with Gasteiger partial charge in [0.1, 0.15) is 16.2 Å². The van der Waals surface area contributed by atoms with E-state index >= 15 is 0 Å². The standard InChI is InChI=1S/C13H20BrN3O/c1-2-4-12-16-11(14)7-13(17-12)15-10-6-3-5-9(10)8-18/h7,9-10,18H,2-6,8H2,1H3,(H,15,16,17). The normalized spacial score (nSPS) is 23.3. The molecule has 0 aliphatic heterocycles. The molecular formula is C13H20BrN3O. The summed E-state index contributed by atoms with van der Waals surface area (Å²) in [5.74, 6) is 2.09. The fraction of sp³-hybridized carbons (Fsp3) is 0.692. The lowest BCUT2D eigenvalue weighted by Gasteiger charge is -2.19. The number of rotatable bonds is 5. The molecule has 18 heavy (non-hydrogen) atoms. The third-order valence-corrected chi connectivity index (χ3v) is 3.85. The smallest absolute Gasteiger partial charge is 0.132 e. The molecule has 0 amide bonds. The number of anilines is 1. The summed E-state index contributed by atoms with van der Waals surface area (Å²) >= 11 is 3.42. The Kier molecular flexibility index (Phi) is 4.95. The second kappa shape index (κ2) is 6.48. The summed E-state index contributed by atoms with van der Waals surface area (Å²) in [6.07, 6.45) is 5.32. The first-order chi connectivity index (χ1) is 8.72. The Morgan fingerprint density at radius 2 is 2.28 bits per heavy atom. The van der Waals surface area contributed by atoms with Gasteiger partial charge in [0.05, 0.1) is 0 Å². The van der Waals surface area contributed by atoms with E-state index in [1.165, 1.54) is 6.42 Å². The maximum absolute atomic E-state index is 9.33. The van der Waals surface area contributed by atoms with Crippen molar-refractivity contribution in [3.05, 3.63) is 16.5 Å². The van der Waals surface area contributed by atoms with E-state index in [-0.39, 0.29) is 6.61 Å². The Bertz CT molecular complexity index is 400. The third-order valence-electron chi connectivity index (χ3n) is 3.44. The van der Waals surface area contributed by atoms with Crippen molar-refractivity contribution in [3.63, 3.8) is 0 Å². The van der Waals surface area contributed by atoms with Crippen LogP contribution in [-0.4, -0.2) is 27.7 Å².